The monoisotopic (exact) mass is 349 g/mol. The Hall–Kier alpha value is -1.20. The van der Waals surface area contributed by atoms with Crippen molar-refractivity contribution in [2.75, 3.05) is 6.61 Å². The first-order valence-corrected chi connectivity index (χ1v) is 8.36. The summed E-state index contributed by atoms with van der Waals surface area (Å²) in [4.78, 5) is 0. The van der Waals surface area contributed by atoms with Gasteiger partial charge in [-0.25, -0.2) is 4.68 Å². The van der Waals surface area contributed by atoms with Crippen LogP contribution in [0.15, 0.2) is 28.9 Å². The van der Waals surface area contributed by atoms with Crippen molar-refractivity contribution in [3.05, 3.63) is 34.4 Å². The lowest BCUT2D eigenvalue weighted by atomic mass is 10.0. The topological polar surface area (TPSA) is 39.9 Å². The van der Waals surface area contributed by atoms with E-state index < -0.39 is 0 Å². The van der Waals surface area contributed by atoms with Crippen LogP contribution in [0.3, 0.4) is 0 Å². The molecule has 0 N–H and O–H groups in total. The smallest absolute Gasteiger partial charge is 0.113 e. The van der Waals surface area contributed by atoms with Gasteiger partial charge in [0.05, 0.1) is 18.8 Å². The molecule has 112 valence electrons. The maximum atomic E-state index is 5.76. The fourth-order valence-electron chi connectivity index (χ4n) is 2.78. The minimum absolute atomic E-state index is 0.281. The van der Waals surface area contributed by atoms with Crippen molar-refractivity contribution in [2.45, 2.75) is 45.3 Å². The average Bonchev–Trinajstić information content (AvgIpc) is 2.96. The van der Waals surface area contributed by atoms with E-state index in [0.29, 0.717) is 0 Å². The number of benzene rings is 1. The van der Waals surface area contributed by atoms with Crippen LogP contribution in [0.1, 0.15) is 31.7 Å². The predicted octanol–water partition coefficient (Wildman–Crippen LogP) is 3.84. The number of halogens is 1. The SMILES string of the molecule is CCc1cc(Br)ccc1-c1cn(CC2CCCCO2)nn1. The summed E-state index contributed by atoms with van der Waals surface area (Å²) in [6.07, 6.45) is 6.84. The highest BCUT2D eigenvalue weighted by Crippen LogP contribution is 2.25. The molecule has 0 saturated carbocycles. The highest BCUT2D eigenvalue weighted by atomic mass is 79.9. The van der Waals surface area contributed by atoms with Crippen LogP contribution in [-0.2, 0) is 17.7 Å². The maximum absolute atomic E-state index is 5.76. The molecular weight excluding hydrogens is 330 g/mol. The van der Waals surface area contributed by atoms with Gasteiger partial charge in [0.25, 0.3) is 0 Å². The fraction of sp³-hybridized carbons (Fsp3) is 0.500. The Morgan fingerprint density at radius 1 is 1.38 bits per heavy atom. The standard InChI is InChI=1S/C16H20BrN3O/c1-2-12-9-13(17)6-7-15(12)16-11-20(19-18-16)10-14-5-3-4-8-21-14/h6-7,9,11,14H,2-5,8,10H2,1H3. The van der Waals surface area contributed by atoms with Gasteiger partial charge in [-0.05, 0) is 43.4 Å². The molecule has 4 nitrogen and oxygen atoms in total. The van der Waals surface area contributed by atoms with Crippen LogP contribution in [0.2, 0.25) is 0 Å². The quantitative estimate of drug-likeness (QED) is 0.841. The van der Waals surface area contributed by atoms with Crippen LogP contribution in [0, 0.1) is 0 Å². The van der Waals surface area contributed by atoms with E-state index in [0.717, 1.165) is 41.7 Å². The van der Waals surface area contributed by atoms with Gasteiger partial charge in [-0.3, -0.25) is 0 Å². The lowest BCUT2D eigenvalue weighted by molar-refractivity contribution is 0.00370. The second kappa shape index (κ2) is 6.71. The van der Waals surface area contributed by atoms with E-state index >= 15 is 0 Å². The number of rotatable bonds is 4. The number of aryl methyl sites for hydroxylation is 1. The summed E-state index contributed by atoms with van der Waals surface area (Å²) in [5.74, 6) is 0. The molecule has 1 unspecified atom stereocenters. The van der Waals surface area contributed by atoms with Crippen molar-refractivity contribution in [3.63, 3.8) is 0 Å². The zero-order chi connectivity index (χ0) is 14.7. The number of hydrogen-bond acceptors (Lipinski definition) is 3. The van der Waals surface area contributed by atoms with Crippen molar-refractivity contribution in [2.24, 2.45) is 0 Å². The number of nitrogens with zero attached hydrogens (tertiary/aromatic N) is 3. The summed E-state index contributed by atoms with van der Waals surface area (Å²) in [6, 6.07) is 6.31. The normalized spacial score (nSPS) is 18.9. The number of ether oxygens (including phenoxy) is 1. The van der Waals surface area contributed by atoms with Crippen LogP contribution in [0.25, 0.3) is 11.3 Å². The first-order valence-electron chi connectivity index (χ1n) is 7.57. The molecule has 1 aliphatic rings. The molecule has 2 heterocycles. The van der Waals surface area contributed by atoms with E-state index in [1.807, 2.05) is 10.9 Å². The van der Waals surface area contributed by atoms with Crippen LogP contribution >= 0.6 is 15.9 Å². The third-order valence-corrected chi connectivity index (χ3v) is 4.42. The molecule has 5 heteroatoms. The van der Waals surface area contributed by atoms with Gasteiger partial charge in [0.1, 0.15) is 5.69 Å². The Bertz CT molecular complexity index is 605. The lowest BCUT2D eigenvalue weighted by Gasteiger charge is -2.21. The summed E-state index contributed by atoms with van der Waals surface area (Å²) in [7, 11) is 0. The molecule has 1 fully saturated rings. The Morgan fingerprint density at radius 2 is 2.29 bits per heavy atom. The van der Waals surface area contributed by atoms with Crippen LogP contribution in [0.4, 0.5) is 0 Å². The Morgan fingerprint density at radius 3 is 3.05 bits per heavy atom. The van der Waals surface area contributed by atoms with Gasteiger partial charge in [-0.2, -0.15) is 0 Å². The van der Waals surface area contributed by atoms with Crippen molar-refractivity contribution in [1.29, 1.82) is 0 Å². The van der Waals surface area contributed by atoms with E-state index in [4.69, 9.17) is 4.74 Å². The minimum atomic E-state index is 0.281. The second-order valence-corrected chi connectivity index (χ2v) is 6.39. The number of aromatic nitrogens is 3. The van der Waals surface area contributed by atoms with Crippen molar-refractivity contribution in [3.8, 4) is 11.3 Å². The van der Waals surface area contributed by atoms with Crippen molar-refractivity contribution < 1.29 is 4.74 Å². The summed E-state index contributed by atoms with van der Waals surface area (Å²) < 4.78 is 8.78. The largest absolute Gasteiger partial charge is 0.376 e. The molecule has 1 aromatic carbocycles. The molecule has 0 bridgehead atoms. The first kappa shape index (κ1) is 14.7. The highest BCUT2D eigenvalue weighted by Gasteiger charge is 2.16. The molecule has 0 amide bonds. The molecular formula is C16H20BrN3O. The Labute approximate surface area is 133 Å². The van der Waals surface area contributed by atoms with Crippen LogP contribution < -0.4 is 0 Å². The fourth-order valence-corrected chi connectivity index (χ4v) is 3.18. The molecule has 3 rings (SSSR count). The molecule has 1 aliphatic heterocycles. The van der Waals surface area contributed by atoms with E-state index in [1.54, 1.807) is 0 Å². The molecule has 0 spiro atoms. The minimum Gasteiger partial charge on any atom is -0.376 e. The Kier molecular flexibility index (Phi) is 4.70. The highest BCUT2D eigenvalue weighted by molar-refractivity contribution is 9.10. The summed E-state index contributed by atoms with van der Waals surface area (Å²) >= 11 is 3.52. The van der Waals surface area contributed by atoms with Crippen molar-refractivity contribution >= 4 is 15.9 Å². The first-order chi connectivity index (χ1) is 10.3. The second-order valence-electron chi connectivity index (χ2n) is 5.47. The van der Waals surface area contributed by atoms with Crippen LogP contribution in [0.5, 0.6) is 0 Å². The molecule has 1 saturated heterocycles. The molecule has 0 aliphatic carbocycles. The molecule has 1 atom stereocenters. The van der Waals surface area contributed by atoms with Gasteiger partial charge in [0.15, 0.2) is 0 Å². The molecule has 21 heavy (non-hydrogen) atoms. The zero-order valence-electron chi connectivity index (χ0n) is 12.3. The van der Waals surface area contributed by atoms with Gasteiger partial charge in [-0.15, -0.1) is 5.10 Å². The van der Waals surface area contributed by atoms with Crippen LogP contribution in [-0.4, -0.2) is 27.7 Å². The maximum Gasteiger partial charge on any atom is 0.113 e. The van der Waals surface area contributed by atoms with E-state index in [-0.39, 0.29) is 6.10 Å². The van der Waals surface area contributed by atoms with Gasteiger partial charge in [0, 0.05) is 16.6 Å². The van der Waals surface area contributed by atoms with E-state index in [9.17, 15) is 0 Å². The van der Waals surface area contributed by atoms with Gasteiger partial charge in [-0.1, -0.05) is 34.1 Å². The molecule has 1 aromatic heterocycles. The zero-order valence-corrected chi connectivity index (χ0v) is 13.8. The van der Waals surface area contributed by atoms with E-state index in [1.165, 1.54) is 18.4 Å². The Balaban J connectivity index is 1.78. The third-order valence-electron chi connectivity index (χ3n) is 3.93. The van der Waals surface area contributed by atoms with Gasteiger partial charge < -0.3 is 4.74 Å². The third kappa shape index (κ3) is 3.52. The molecule has 2 aromatic rings. The van der Waals surface area contributed by atoms with E-state index in [2.05, 4.69) is 51.4 Å². The van der Waals surface area contributed by atoms with Crippen molar-refractivity contribution in [1.82, 2.24) is 15.0 Å². The number of hydrogen-bond donors (Lipinski definition) is 0. The predicted molar refractivity (Wildman–Crippen MR) is 86.1 cm³/mol. The van der Waals surface area contributed by atoms with Gasteiger partial charge >= 0.3 is 0 Å². The lowest BCUT2D eigenvalue weighted by Crippen LogP contribution is -2.24. The summed E-state index contributed by atoms with van der Waals surface area (Å²) in [5.41, 5.74) is 3.39. The average molecular weight is 350 g/mol. The summed E-state index contributed by atoms with van der Waals surface area (Å²) in [6.45, 7) is 3.83. The van der Waals surface area contributed by atoms with Gasteiger partial charge in [0.2, 0.25) is 0 Å². The molecule has 0 radical (unpaired) electrons. The summed E-state index contributed by atoms with van der Waals surface area (Å²) in [5, 5.41) is 8.59.